The van der Waals surface area contributed by atoms with E-state index in [0.717, 1.165) is 24.8 Å². The number of unbranched alkanes of at least 4 members (excludes halogenated alkanes) is 1. The van der Waals surface area contributed by atoms with Crippen molar-refractivity contribution in [2.45, 2.75) is 39.0 Å². The molecule has 0 heterocycles. The third-order valence-corrected chi connectivity index (χ3v) is 2.67. The van der Waals surface area contributed by atoms with Crippen LogP contribution >= 0.6 is 0 Å². The minimum absolute atomic E-state index is 0.0526. The number of rotatable bonds is 6. The summed E-state index contributed by atoms with van der Waals surface area (Å²) in [6.45, 7) is 3.52. The summed E-state index contributed by atoms with van der Waals surface area (Å²) < 4.78 is 31.7. The maximum Gasteiger partial charge on any atom is 0.381 e. The van der Waals surface area contributed by atoms with Crippen LogP contribution in [0.2, 0.25) is 0 Å². The first kappa shape index (κ1) is 14.6. The number of hydrogen-bond acceptors (Lipinski definition) is 2. The highest BCUT2D eigenvalue weighted by atomic mass is 19.3. The molecular weight excluding hydrogens is 238 g/mol. The van der Waals surface area contributed by atoms with Gasteiger partial charge in [0.05, 0.1) is 6.61 Å². The van der Waals surface area contributed by atoms with Crippen molar-refractivity contribution in [3.05, 3.63) is 35.4 Å². The van der Waals surface area contributed by atoms with E-state index < -0.39 is 11.9 Å². The monoisotopic (exact) mass is 256 g/mol. The Morgan fingerprint density at radius 3 is 2.33 bits per heavy atom. The van der Waals surface area contributed by atoms with Gasteiger partial charge in [-0.25, -0.2) is 4.79 Å². The van der Waals surface area contributed by atoms with Crippen LogP contribution in [0, 0.1) is 0 Å². The number of halogens is 2. The van der Waals surface area contributed by atoms with Gasteiger partial charge in [0, 0.05) is 5.56 Å². The van der Waals surface area contributed by atoms with Crippen LogP contribution in [0.1, 0.15) is 37.8 Å². The molecule has 0 aliphatic heterocycles. The Morgan fingerprint density at radius 2 is 1.83 bits per heavy atom. The SMILES string of the molecule is CCCCc1ccc(C(F)(F)C(=O)OCC)cc1. The second-order valence-corrected chi connectivity index (χ2v) is 4.10. The van der Waals surface area contributed by atoms with E-state index in [9.17, 15) is 13.6 Å². The smallest absolute Gasteiger partial charge is 0.381 e. The molecule has 0 atom stereocenters. The fourth-order valence-corrected chi connectivity index (χ4v) is 1.60. The molecule has 0 aromatic heterocycles. The molecule has 100 valence electrons. The molecule has 0 bridgehead atoms. The maximum atomic E-state index is 13.6. The lowest BCUT2D eigenvalue weighted by atomic mass is 10.0. The van der Waals surface area contributed by atoms with Gasteiger partial charge in [-0.05, 0) is 25.3 Å². The largest absolute Gasteiger partial charge is 0.461 e. The van der Waals surface area contributed by atoms with Crippen molar-refractivity contribution < 1.29 is 18.3 Å². The topological polar surface area (TPSA) is 26.3 Å². The fraction of sp³-hybridized carbons (Fsp3) is 0.500. The van der Waals surface area contributed by atoms with E-state index in [2.05, 4.69) is 11.7 Å². The first-order chi connectivity index (χ1) is 8.52. The molecule has 0 aliphatic carbocycles. The molecule has 0 unspecified atom stereocenters. The summed E-state index contributed by atoms with van der Waals surface area (Å²) in [4.78, 5) is 11.1. The number of aryl methyl sites for hydroxylation is 1. The van der Waals surface area contributed by atoms with Crippen molar-refractivity contribution in [2.75, 3.05) is 6.61 Å². The van der Waals surface area contributed by atoms with Crippen LogP contribution in [-0.4, -0.2) is 12.6 Å². The molecule has 0 aliphatic rings. The van der Waals surface area contributed by atoms with E-state index in [0.29, 0.717) is 0 Å². The van der Waals surface area contributed by atoms with E-state index in [1.807, 2.05) is 0 Å². The Morgan fingerprint density at radius 1 is 1.22 bits per heavy atom. The Hall–Kier alpha value is -1.45. The van der Waals surface area contributed by atoms with Crippen LogP contribution in [0.4, 0.5) is 8.78 Å². The maximum absolute atomic E-state index is 13.6. The van der Waals surface area contributed by atoms with Crippen molar-refractivity contribution in [3.8, 4) is 0 Å². The second kappa shape index (κ2) is 6.47. The molecule has 0 spiro atoms. The molecule has 0 saturated carbocycles. The van der Waals surface area contributed by atoms with Crippen LogP contribution in [0.15, 0.2) is 24.3 Å². The highest BCUT2D eigenvalue weighted by Gasteiger charge is 2.42. The van der Waals surface area contributed by atoms with Crippen molar-refractivity contribution in [1.82, 2.24) is 0 Å². The molecule has 1 rings (SSSR count). The Balaban J connectivity index is 2.80. The van der Waals surface area contributed by atoms with Crippen LogP contribution in [0.25, 0.3) is 0 Å². The summed E-state index contributed by atoms with van der Waals surface area (Å²) in [5, 5.41) is 0. The van der Waals surface area contributed by atoms with Gasteiger partial charge in [0.1, 0.15) is 0 Å². The second-order valence-electron chi connectivity index (χ2n) is 4.10. The molecule has 0 amide bonds. The van der Waals surface area contributed by atoms with Gasteiger partial charge >= 0.3 is 11.9 Å². The molecule has 4 heteroatoms. The number of benzene rings is 1. The van der Waals surface area contributed by atoms with E-state index in [-0.39, 0.29) is 12.2 Å². The van der Waals surface area contributed by atoms with Gasteiger partial charge in [0.15, 0.2) is 0 Å². The summed E-state index contributed by atoms with van der Waals surface area (Å²) >= 11 is 0. The number of alkyl halides is 2. The molecular formula is C14H18F2O2. The van der Waals surface area contributed by atoms with Gasteiger partial charge in [-0.15, -0.1) is 0 Å². The van der Waals surface area contributed by atoms with Crippen molar-refractivity contribution >= 4 is 5.97 Å². The summed E-state index contributed by atoms with van der Waals surface area (Å²) in [6.07, 6.45) is 2.94. The quantitative estimate of drug-likeness (QED) is 0.726. The van der Waals surface area contributed by atoms with E-state index in [4.69, 9.17) is 0 Å². The number of ether oxygens (including phenoxy) is 1. The van der Waals surface area contributed by atoms with E-state index >= 15 is 0 Å². The normalized spacial score (nSPS) is 11.3. The first-order valence-electron chi connectivity index (χ1n) is 6.16. The van der Waals surface area contributed by atoms with Crippen LogP contribution < -0.4 is 0 Å². The van der Waals surface area contributed by atoms with E-state index in [1.54, 1.807) is 12.1 Å². The lowest BCUT2D eigenvalue weighted by Gasteiger charge is -2.15. The Bertz CT molecular complexity index is 385. The molecule has 1 aromatic rings. The van der Waals surface area contributed by atoms with Gasteiger partial charge in [0.25, 0.3) is 0 Å². The lowest BCUT2D eigenvalue weighted by molar-refractivity contribution is -0.173. The summed E-state index contributed by atoms with van der Waals surface area (Å²) in [6, 6.07) is 5.86. The fourth-order valence-electron chi connectivity index (χ4n) is 1.60. The molecule has 18 heavy (non-hydrogen) atoms. The number of esters is 1. The molecule has 0 fully saturated rings. The van der Waals surface area contributed by atoms with Gasteiger partial charge in [-0.2, -0.15) is 8.78 Å². The van der Waals surface area contributed by atoms with Gasteiger partial charge in [0.2, 0.25) is 0 Å². The van der Waals surface area contributed by atoms with Crippen LogP contribution in [0.3, 0.4) is 0 Å². The van der Waals surface area contributed by atoms with Gasteiger partial charge < -0.3 is 4.74 Å². The average molecular weight is 256 g/mol. The Labute approximate surface area is 106 Å². The zero-order valence-electron chi connectivity index (χ0n) is 10.7. The zero-order valence-corrected chi connectivity index (χ0v) is 10.7. The minimum atomic E-state index is -3.57. The standard InChI is InChI=1S/C14H18F2O2/c1-3-5-6-11-7-9-12(10-8-11)14(15,16)13(17)18-4-2/h7-10H,3-6H2,1-2H3. The first-order valence-corrected chi connectivity index (χ1v) is 6.16. The van der Waals surface area contributed by atoms with Gasteiger partial charge in [-0.1, -0.05) is 37.6 Å². The predicted molar refractivity (Wildman–Crippen MR) is 65.6 cm³/mol. The third-order valence-electron chi connectivity index (χ3n) is 2.67. The highest BCUT2D eigenvalue weighted by molar-refractivity contribution is 5.79. The Kier molecular flexibility index (Phi) is 5.25. The third kappa shape index (κ3) is 3.52. The number of carbonyl (C=O) groups excluding carboxylic acids is 1. The summed E-state index contributed by atoms with van der Waals surface area (Å²) in [5.41, 5.74) is 0.682. The highest BCUT2D eigenvalue weighted by Crippen LogP contribution is 2.29. The van der Waals surface area contributed by atoms with Crippen LogP contribution in [-0.2, 0) is 21.9 Å². The van der Waals surface area contributed by atoms with Crippen molar-refractivity contribution in [1.29, 1.82) is 0 Å². The van der Waals surface area contributed by atoms with Crippen molar-refractivity contribution in [2.24, 2.45) is 0 Å². The van der Waals surface area contributed by atoms with Crippen LogP contribution in [0.5, 0.6) is 0 Å². The summed E-state index contributed by atoms with van der Waals surface area (Å²) in [7, 11) is 0. The zero-order chi connectivity index (χ0) is 13.6. The predicted octanol–water partition coefficient (Wildman–Crippen LogP) is 3.68. The molecule has 0 radical (unpaired) electrons. The van der Waals surface area contributed by atoms with Gasteiger partial charge in [-0.3, -0.25) is 0 Å². The number of hydrogen-bond donors (Lipinski definition) is 0. The lowest BCUT2D eigenvalue weighted by Crippen LogP contribution is -2.28. The molecule has 0 saturated heterocycles. The number of carbonyl (C=O) groups is 1. The summed E-state index contributed by atoms with van der Waals surface area (Å²) in [5.74, 6) is -5.06. The van der Waals surface area contributed by atoms with Crippen molar-refractivity contribution in [3.63, 3.8) is 0 Å². The van der Waals surface area contributed by atoms with E-state index in [1.165, 1.54) is 19.1 Å². The average Bonchev–Trinajstić information content (AvgIpc) is 2.37. The minimum Gasteiger partial charge on any atom is -0.461 e. The molecule has 0 N–H and O–H groups in total. The molecule has 1 aromatic carbocycles. The molecule has 2 nitrogen and oxygen atoms in total.